The number of rotatable bonds is 2. The van der Waals surface area contributed by atoms with Crippen LogP contribution in [0.25, 0.3) is 11.4 Å². The second kappa shape index (κ2) is 4.80. The molecule has 2 aromatic rings. The minimum Gasteiger partial charge on any atom is -0.262 e. The molecule has 108 valence electrons. The summed E-state index contributed by atoms with van der Waals surface area (Å²) >= 11 is 0. The van der Waals surface area contributed by atoms with Crippen molar-refractivity contribution in [2.45, 2.75) is 18.3 Å². The molecule has 20 heavy (non-hydrogen) atoms. The van der Waals surface area contributed by atoms with Crippen LogP contribution in [0.1, 0.15) is 11.7 Å². The maximum atomic E-state index is 12.5. The summed E-state index contributed by atoms with van der Waals surface area (Å²) in [4.78, 5) is 3.31. The Morgan fingerprint density at radius 1 is 0.900 bits per heavy atom. The third-order valence-electron chi connectivity index (χ3n) is 2.46. The second-order valence-electron chi connectivity index (χ2n) is 3.93. The number of hydrogen-bond acceptors (Lipinski definition) is 2. The van der Waals surface area contributed by atoms with E-state index in [0.717, 1.165) is 0 Å². The second-order valence-corrected chi connectivity index (χ2v) is 3.93. The highest BCUT2D eigenvalue weighted by Gasteiger charge is 2.59. The first-order valence-corrected chi connectivity index (χ1v) is 5.31. The molecular weight excluding hydrogens is 288 g/mol. The van der Waals surface area contributed by atoms with E-state index in [2.05, 4.69) is 10.1 Å². The molecule has 0 amide bonds. The van der Waals surface area contributed by atoms with Gasteiger partial charge in [-0.1, -0.05) is 30.3 Å². The number of hydrogen-bond donors (Lipinski definition) is 1. The normalized spacial score (nSPS) is 12.9. The number of alkyl halides is 6. The van der Waals surface area contributed by atoms with Gasteiger partial charge in [-0.25, -0.2) is 4.98 Å². The molecule has 3 nitrogen and oxygen atoms in total. The van der Waals surface area contributed by atoms with Crippen LogP contribution in [0.5, 0.6) is 0 Å². The molecular formula is C11H7F6N3. The first-order valence-electron chi connectivity index (χ1n) is 5.31. The van der Waals surface area contributed by atoms with Crippen molar-refractivity contribution in [3.05, 3.63) is 36.2 Å². The van der Waals surface area contributed by atoms with E-state index < -0.39 is 24.1 Å². The Kier molecular flexibility index (Phi) is 3.45. The molecule has 1 N–H and O–H groups in total. The lowest BCUT2D eigenvalue weighted by atomic mass is 10.1. The molecule has 2 rings (SSSR count). The summed E-state index contributed by atoms with van der Waals surface area (Å²) in [6.07, 6.45) is -11.0. The topological polar surface area (TPSA) is 41.6 Å². The lowest BCUT2D eigenvalue weighted by molar-refractivity contribution is -0.255. The molecule has 0 radical (unpaired) electrons. The van der Waals surface area contributed by atoms with Crippen molar-refractivity contribution in [3.8, 4) is 11.4 Å². The van der Waals surface area contributed by atoms with Crippen molar-refractivity contribution in [1.82, 2.24) is 15.2 Å². The third-order valence-corrected chi connectivity index (χ3v) is 2.46. The van der Waals surface area contributed by atoms with E-state index >= 15 is 0 Å². The van der Waals surface area contributed by atoms with Crippen molar-refractivity contribution in [1.29, 1.82) is 0 Å². The molecule has 1 aromatic carbocycles. The van der Waals surface area contributed by atoms with E-state index in [1.165, 1.54) is 12.1 Å². The van der Waals surface area contributed by atoms with Gasteiger partial charge in [0.1, 0.15) is 5.82 Å². The maximum Gasteiger partial charge on any atom is 0.407 e. The van der Waals surface area contributed by atoms with Gasteiger partial charge in [0.2, 0.25) is 5.92 Å². The molecule has 0 saturated carbocycles. The first-order chi connectivity index (χ1) is 9.19. The monoisotopic (exact) mass is 295 g/mol. The van der Waals surface area contributed by atoms with Gasteiger partial charge in [0.05, 0.1) is 0 Å². The molecule has 1 aromatic heterocycles. The van der Waals surface area contributed by atoms with Gasteiger partial charge < -0.3 is 0 Å². The first kappa shape index (κ1) is 14.4. The molecule has 9 heteroatoms. The fraction of sp³-hybridized carbons (Fsp3) is 0.273. The SMILES string of the molecule is FC(F)(F)C(c1nc(-c2ccccc2)n[nH]1)C(F)(F)F. The molecule has 0 unspecified atom stereocenters. The zero-order chi connectivity index (χ0) is 15.0. The molecule has 0 aliphatic heterocycles. The van der Waals surface area contributed by atoms with Gasteiger partial charge in [-0.15, -0.1) is 0 Å². The van der Waals surface area contributed by atoms with Crippen molar-refractivity contribution in [2.24, 2.45) is 0 Å². The third kappa shape index (κ3) is 2.91. The van der Waals surface area contributed by atoms with Gasteiger partial charge >= 0.3 is 12.4 Å². The number of nitrogens with one attached hydrogen (secondary N) is 1. The quantitative estimate of drug-likeness (QED) is 0.859. The van der Waals surface area contributed by atoms with Crippen molar-refractivity contribution in [3.63, 3.8) is 0 Å². The number of H-pyrrole nitrogens is 1. The number of benzene rings is 1. The van der Waals surface area contributed by atoms with Crippen LogP contribution in [0.2, 0.25) is 0 Å². The average Bonchev–Trinajstić information content (AvgIpc) is 2.75. The van der Waals surface area contributed by atoms with Crippen molar-refractivity contribution >= 4 is 0 Å². The number of halogens is 6. The molecule has 0 fully saturated rings. The molecule has 1 heterocycles. The lowest BCUT2D eigenvalue weighted by Gasteiger charge is -2.20. The fourth-order valence-corrected chi connectivity index (χ4v) is 1.62. The Labute approximate surface area is 108 Å². The Morgan fingerprint density at radius 3 is 1.95 bits per heavy atom. The summed E-state index contributed by atoms with van der Waals surface area (Å²) in [6, 6.07) is 7.73. The van der Waals surface area contributed by atoms with Crippen molar-refractivity contribution < 1.29 is 26.3 Å². The van der Waals surface area contributed by atoms with E-state index in [0.29, 0.717) is 5.56 Å². The standard InChI is InChI=1S/C11H7F6N3/c12-10(13,14)7(11(15,16)17)9-18-8(19-20-9)6-4-2-1-3-5-6/h1-5,7H,(H,18,19,20). The summed E-state index contributed by atoms with van der Waals surface area (Å²) < 4.78 is 75.0. The van der Waals surface area contributed by atoms with Gasteiger partial charge in [-0.2, -0.15) is 31.4 Å². The number of aromatic nitrogens is 3. The smallest absolute Gasteiger partial charge is 0.262 e. The van der Waals surface area contributed by atoms with E-state index in [-0.39, 0.29) is 5.82 Å². The van der Waals surface area contributed by atoms with E-state index in [1.807, 2.05) is 0 Å². The van der Waals surface area contributed by atoms with E-state index in [1.54, 1.807) is 23.3 Å². The zero-order valence-corrected chi connectivity index (χ0v) is 9.63. The highest BCUT2D eigenvalue weighted by Crippen LogP contribution is 2.45. The largest absolute Gasteiger partial charge is 0.407 e. The molecule has 0 saturated heterocycles. The molecule has 0 atom stereocenters. The van der Waals surface area contributed by atoms with Gasteiger partial charge in [-0.05, 0) is 0 Å². The van der Waals surface area contributed by atoms with Crippen LogP contribution in [0.15, 0.2) is 30.3 Å². The van der Waals surface area contributed by atoms with Crippen LogP contribution in [-0.4, -0.2) is 27.5 Å². The molecule has 0 aliphatic rings. The van der Waals surface area contributed by atoms with Crippen LogP contribution in [-0.2, 0) is 0 Å². The zero-order valence-electron chi connectivity index (χ0n) is 9.63. The summed E-state index contributed by atoms with van der Waals surface area (Å²) in [7, 11) is 0. The Morgan fingerprint density at radius 2 is 1.45 bits per heavy atom. The highest BCUT2D eigenvalue weighted by atomic mass is 19.4. The Hall–Kier alpha value is -2.06. The van der Waals surface area contributed by atoms with Gasteiger partial charge in [0.25, 0.3) is 0 Å². The van der Waals surface area contributed by atoms with E-state index in [9.17, 15) is 26.3 Å². The van der Waals surface area contributed by atoms with Gasteiger partial charge in [0, 0.05) is 5.56 Å². The van der Waals surface area contributed by atoms with Crippen LogP contribution in [0, 0.1) is 0 Å². The minimum absolute atomic E-state index is 0.223. The summed E-state index contributed by atoms with van der Waals surface area (Å²) in [5.74, 6) is -5.18. The number of nitrogens with zero attached hydrogens (tertiary/aromatic N) is 2. The van der Waals surface area contributed by atoms with Crippen LogP contribution in [0.3, 0.4) is 0 Å². The average molecular weight is 295 g/mol. The van der Waals surface area contributed by atoms with Crippen LogP contribution in [0.4, 0.5) is 26.3 Å². The lowest BCUT2D eigenvalue weighted by Crippen LogP contribution is -2.35. The minimum atomic E-state index is -5.49. The van der Waals surface area contributed by atoms with Crippen molar-refractivity contribution in [2.75, 3.05) is 0 Å². The van der Waals surface area contributed by atoms with Gasteiger partial charge in [-0.3, -0.25) is 5.10 Å². The van der Waals surface area contributed by atoms with Crippen LogP contribution < -0.4 is 0 Å². The predicted octanol–water partition coefficient (Wildman–Crippen LogP) is 3.68. The van der Waals surface area contributed by atoms with Gasteiger partial charge in [0.15, 0.2) is 5.82 Å². The maximum absolute atomic E-state index is 12.5. The number of aromatic amines is 1. The molecule has 0 bridgehead atoms. The summed E-state index contributed by atoms with van der Waals surface area (Å²) in [6.45, 7) is 0. The molecule has 0 aliphatic carbocycles. The Balaban J connectivity index is 2.41. The molecule has 0 spiro atoms. The highest BCUT2D eigenvalue weighted by molar-refractivity contribution is 5.53. The van der Waals surface area contributed by atoms with Crippen LogP contribution >= 0.6 is 0 Å². The Bertz CT molecular complexity index is 558. The summed E-state index contributed by atoms with van der Waals surface area (Å²) in [5.41, 5.74) is 0.318. The summed E-state index contributed by atoms with van der Waals surface area (Å²) in [5, 5.41) is 5.11. The van der Waals surface area contributed by atoms with E-state index in [4.69, 9.17) is 0 Å². The fourth-order valence-electron chi connectivity index (χ4n) is 1.62. The predicted molar refractivity (Wildman–Crippen MR) is 56.7 cm³/mol.